The van der Waals surface area contributed by atoms with Gasteiger partial charge in [-0.1, -0.05) is 19.8 Å². The predicted octanol–water partition coefficient (Wildman–Crippen LogP) is 3.03. The molecule has 2 atom stereocenters. The van der Waals surface area contributed by atoms with E-state index in [4.69, 9.17) is 0 Å². The van der Waals surface area contributed by atoms with Crippen LogP contribution in [-0.2, 0) is 0 Å². The molecule has 1 N–H and O–H groups in total. The molecule has 0 radical (unpaired) electrons. The Bertz CT molecular complexity index is 211. The molecule has 0 spiro atoms. The van der Waals surface area contributed by atoms with Gasteiger partial charge in [-0.2, -0.15) is 0 Å². The van der Waals surface area contributed by atoms with E-state index in [1.807, 2.05) is 0 Å². The normalized spacial score (nSPS) is 31.4. The summed E-state index contributed by atoms with van der Waals surface area (Å²) >= 11 is 0. The largest absolute Gasteiger partial charge is 0.315 e. The van der Waals surface area contributed by atoms with Crippen LogP contribution in [-0.4, -0.2) is 36.6 Å². The van der Waals surface area contributed by atoms with E-state index in [1.165, 1.54) is 64.6 Å². The van der Waals surface area contributed by atoms with Crippen molar-refractivity contribution in [1.29, 1.82) is 0 Å². The molecule has 2 rings (SSSR count). The van der Waals surface area contributed by atoms with Gasteiger partial charge >= 0.3 is 0 Å². The topological polar surface area (TPSA) is 15.3 Å². The van der Waals surface area contributed by atoms with Crippen LogP contribution in [0.5, 0.6) is 0 Å². The van der Waals surface area contributed by atoms with Crippen molar-refractivity contribution in [3.8, 4) is 0 Å². The lowest BCUT2D eigenvalue weighted by molar-refractivity contribution is 0.198. The fraction of sp³-hybridized carbons (Fsp3) is 1.00. The molecule has 2 nitrogen and oxygen atoms in total. The van der Waals surface area contributed by atoms with Crippen LogP contribution in [0.1, 0.15) is 58.8 Å². The Hall–Kier alpha value is -0.0800. The second-order valence-electron chi connectivity index (χ2n) is 6.08. The van der Waals surface area contributed by atoms with Crippen molar-refractivity contribution in [3.63, 3.8) is 0 Å². The molecule has 2 unspecified atom stereocenters. The highest BCUT2D eigenvalue weighted by atomic mass is 15.2. The quantitative estimate of drug-likeness (QED) is 0.716. The first-order chi connectivity index (χ1) is 8.31. The minimum absolute atomic E-state index is 0.813. The maximum atomic E-state index is 3.68. The highest BCUT2D eigenvalue weighted by molar-refractivity contribution is 4.84. The van der Waals surface area contributed by atoms with Crippen molar-refractivity contribution >= 4 is 0 Å². The van der Waals surface area contributed by atoms with Crippen molar-refractivity contribution in [1.82, 2.24) is 10.2 Å². The van der Waals surface area contributed by atoms with Crippen LogP contribution in [0.15, 0.2) is 0 Å². The van der Waals surface area contributed by atoms with Crippen molar-refractivity contribution < 1.29 is 0 Å². The maximum absolute atomic E-state index is 3.68. The van der Waals surface area contributed by atoms with Crippen LogP contribution < -0.4 is 5.32 Å². The molecule has 2 aliphatic rings. The molecule has 1 heterocycles. The Kier molecular flexibility index (Phi) is 5.30. The molecule has 1 saturated heterocycles. The first-order valence-electron chi connectivity index (χ1n) is 7.77. The number of nitrogens with one attached hydrogen (secondary N) is 1. The summed E-state index contributed by atoms with van der Waals surface area (Å²) < 4.78 is 0. The number of rotatable bonds is 6. The van der Waals surface area contributed by atoms with Crippen LogP contribution in [0, 0.1) is 5.92 Å². The van der Waals surface area contributed by atoms with E-state index in [1.54, 1.807) is 0 Å². The first kappa shape index (κ1) is 13.4. The molecule has 0 aromatic rings. The molecular formula is C15H30N2. The van der Waals surface area contributed by atoms with Crippen LogP contribution in [0.25, 0.3) is 0 Å². The summed E-state index contributed by atoms with van der Waals surface area (Å²) in [6.45, 7) is 8.44. The Balaban J connectivity index is 1.60. The van der Waals surface area contributed by atoms with E-state index in [0.717, 1.165) is 18.0 Å². The summed E-state index contributed by atoms with van der Waals surface area (Å²) in [6, 6.07) is 1.67. The molecule has 0 aromatic heterocycles. The van der Waals surface area contributed by atoms with Gasteiger partial charge in [0.15, 0.2) is 0 Å². The number of nitrogens with zero attached hydrogens (tertiary/aromatic N) is 1. The smallest absolute Gasteiger partial charge is 0.0113 e. The molecule has 2 heteroatoms. The van der Waals surface area contributed by atoms with Crippen molar-refractivity contribution in [3.05, 3.63) is 0 Å². The number of hydrogen-bond acceptors (Lipinski definition) is 2. The Morgan fingerprint density at radius 1 is 1.12 bits per heavy atom. The molecular weight excluding hydrogens is 208 g/mol. The lowest BCUT2D eigenvalue weighted by atomic mass is 10.1. The average Bonchev–Trinajstić information content (AvgIpc) is 2.95. The van der Waals surface area contributed by atoms with Crippen molar-refractivity contribution in [2.24, 2.45) is 5.92 Å². The van der Waals surface area contributed by atoms with E-state index >= 15 is 0 Å². The highest BCUT2D eigenvalue weighted by Crippen LogP contribution is 2.25. The Morgan fingerprint density at radius 2 is 1.88 bits per heavy atom. The van der Waals surface area contributed by atoms with Crippen molar-refractivity contribution in [2.45, 2.75) is 70.9 Å². The second-order valence-corrected chi connectivity index (χ2v) is 6.08. The third kappa shape index (κ3) is 3.69. The van der Waals surface area contributed by atoms with E-state index in [2.05, 4.69) is 24.1 Å². The summed E-state index contributed by atoms with van der Waals surface area (Å²) in [5.74, 6) is 0.980. The lowest BCUT2D eigenvalue weighted by Crippen LogP contribution is -2.40. The minimum Gasteiger partial charge on any atom is -0.315 e. The van der Waals surface area contributed by atoms with E-state index in [9.17, 15) is 0 Å². The molecule has 0 amide bonds. The summed E-state index contributed by atoms with van der Waals surface area (Å²) in [7, 11) is 0. The second kappa shape index (κ2) is 6.75. The van der Waals surface area contributed by atoms with Gasteiger partial charge in [0.1, 0.15) is 0 Å². The van der Waals surface area contributed by atoms with Gasteiger partial charge in [0.2, 0.25) is 0 Å². The fourth-order valence-electron chi connectivity index (χ4n) is 3.70. The van der Waals surface area contributed by atoms with Gasteiger partial charge < -0.3 is 5.32 Å². The van der Waals surface area contributed by atoms with E-state index in [-0.39, 0.29) is 0 Å². The zero-order valence-electron chi connectivity index (χ0n) is 11.8. The number of likely N-dealkylation sites (tertiary alicyclic amines) is 1. The van der Waals surface area contributed by atoms with Gasteiger partial charge in [-0.3, -0.25) is 4.90 Å². The molecule has 1 saturated carbocycles. The van der Waals surface area contributed by atoms with Gasteiger partial charge in [-0.15, -0.1) is 0 Å². The van der Waals surface area contributed by atoms with Gasteiger partial charge in [0, 0.05) is 25.2 Å². The van der Waals surface area contributed by atoms with Crippen LogP contribution in [0.4, 0.5) is 0 Å². The molecule has 1 aliphatic heterocycles. The van der Waals surface area contributed by atoms with Gasteiger partial charge in [-0.25, -0.2) is 0 Å². The van der Waals surface area contributed by atoms with Gasteiger partial charge in [-0.05, 0) is 51.5 Å². The molecule has 2 fully saturated rings. The molecule has 1 aliphatic carbocycles. The number of hydrogen-bond donors (Lipinski definition) is 1. The molecule has 0 aromatic carbocycles. The highest BCUT2D eigenvalue weighted by Gasteiger charge is 2.28. The molecule has 17 heavy (non-hydrogen) atoms. The minimum atomic E-state index is 0.813. The van der Waals surface area contributed by atoms with Crippen LogP contribution in [0.2, 0.25) is 0 Å². The fourth-order valence-corrected chi connectivity index (χ4v) is 3.70. The zero-order chi connectivity index (χ0) is 12.1. The third-order valence-corrected chi connectivity index (χ3v) is 4.88. The summed E-state index contributed by atoms with van der Waals surface area (Å²) in [5, 5.41) is 3.68. The first-order valence-corrected chi connectivity index (χ1v) is 7.77. The maximum Gasteiger partial charge on any atom is 0.0113 e. The average molecular weight is 238 g/mol. The van der Waals surface area contributed by atoms with Gasteiger partial charge in [0.05, 0.1) is 0 Å². The monoisotopic (exact) mass is 238 g/mol. The lowest BCUT2D eigenvalue weighted by Gasteiger charge is -2.28. The summed E-state index contributed by atoms with van der Waals surface area (Å²) in [5.41, 5.74) is 0. The summed E-state index contributed by atoms with van der Waals surface area (Å²) in [4.78, 5) is 2.72. The van der Waals surface area contributed by atoms with Gasteiger partial charge in [0.25, 0.3) is 0 Å². The summed E-state index contributed by atoms with van der Waals surface area (Å²) in [6.07, 6.45) is 10.0. The predicted molar refractivity (Wildman–Crippen MR) is 74.3 cm³/mol. The SMILES string of the molecule is CCC1CCC(C)N1CCNCC1CCCC1. The van der Waals surface area contributed by atoms with E-state index < -0.39 is 0 Å². The molecule has 100 valence electrons. The standard InChI is InChI=1S/C15H30N2/c1-3-15-9-8-13(2)17(15)11-10-16-12-14-6-4-5-7-14/h13-16H,3-12H2,1-2H3. The Labute approximate surface area is 107 Å². The van der Waals surface area contributed by atoms with Crippen molar-refractivity contribution in [2.75, 3.05) is 19.6 Å². The molecule has 0 bridgehead atoms. The van der Waals surface area contributed by atoms with Crippen LogP contribution in [0.3, 0.4) is 0 Å². The zero-order valence-corrected chi connectivity index (χ0v) is 11.8. The Morgan fingerprint density at radius 3 is 2.59 bits per heavy atom. The van der Waals surface area contributed by atoms with Crippen LogP contribution >= 0.6 is 0 Å². The van der Waals surface area contributed by atoms with E-state index in [0.29, 0.717) is 0 Å². The third-order valence-electron chi connectivity index (χ3n) is 4.88.